The lowest BCUT2D eigenvalue weighted by Crippen LogP contribution is -2.09. The van der Waals surface area contributed by atoms with E-state index in [9.17, 15) is 4.79 Å². The Bertz CT molecular complexity index is 626. The summed E-state index contributed by atoms with van der Waals surface area (Å²) in [7, 11) is 0. The van der Waals surface area contributed by atoms with Crippen molar-refractivity contribution in [2.75, 3.05) is 0 Å². The minimum atomic E-state index is 0.107. The van der Waals surface area contributed by atoms with Crippen LogP contribution in [0.2, 0.25) is 0 Å². The van der Waals surface area contributed by atoms with E-state index in [1.165, 1.54) is 37.7 Å². The molecule has 1 aromatic heterocycles. The van der Waals surface area contributed by atoms with Crippen LogP contribution in [0.5, 0.6) is 0 Å². The summed E-state index contributed by atoms with van der Waals surface area (Å²) in [5, 5.41) is 0. The molecule has 0 aliphatic heterocycles. The Morgan fingerprint density at radius 2 is 1.81 bits per heavy atom. The Morgan fingerprint density at radius 3 is 2.37 bits per heavy atom. The maximum atomic E-state index is 12.5. The minimum absolute atomic E-state index is 0.107. The van der Waals surface area contributed by atoms with Crippen LogP contribution in [0.4, 0.5) is 0 Å². The van der Waals surface area contributed by atoms with Crippen LogP contribution in [0.15, 0.2) is 11.8 Å². The summed E-state index contributed by atoms with van der Waals surface area (Å²) in [6.45, 7) is 15.1. The number of Topliss-reactive ketones (excluding diaryl/α,β-unsaturated/α-hetero) is 1. The molecule has 0 amide bonds. The Kier molecular flexibility index (Phi) is 9.90. The predicted molar refractivity (Wildman–Crippen MR) is 116 cm³/mol. The number of rotatable bonds is 11. The summed E-state index contributed by atoms with van der Waals surface area (Å²) < 4.78 is 0. The molecule has 0 bridgehead atoms. The van der Waals surface area contributed by atoms with E-state index in [0.717, 1.165) is 30.1 Å². The zero-order valence-electron chi connectivity index (χ0n) is 18.7. The second-order valence-corrected chi connectivity index (χ2v) is 8.89. The Labute approximate surface area is 167 Å². The third-order valence-corrected chi connectivity index (χ3v) is 5.62. The lowest BCUT2D eigenvalue weighted by Gasteiger charge is -2.19. The van der Waals surface area contributed by atoms with Crippen molar-refractivity contribution >= 4 is 11.9 Å². The van der Waals surface area contributed by atoms with Gasteiger partial charge in [-0.25, -0.2) is 4.98 Å². The summed E-state index contributed by atoms with van der Waals surface area (Å²) in [5.41, 5.74) is 3.56. The Hall–Kier alpha value is -1.51. The average molecular weight is 373 g/mol. The van der Waals surface area contributed by atoms with E-state index < -0.39 is 0 Å². The number of carbonyl (C=O) groups excluding carboxylic acids is 1. The molecule has 0 radical (unpaired) electrons. The van der Waals surface area contributed by atoms with Gasteiger partial charge in [0.05, 0.1) is 17.6 Å². The standard InChI is InChI=1S/C24H40N2O/c1-8-10-13-20(9-2)14-11-12-15-23(27)22-17-25-21(19(4)26-22)16-18(3)24(5,6)7/h16-17,20H,8-15H2,1-7H3/b18-16+/t20-/m0/s1. The van der Waals surface area contributed by atoms with Crippen molar-refractivity contribution < 1.29 is 4.79 Å². The number of unbranched alkanes of at least 4 members (excludes halogenated alkanes) is 2. The number of allylic oxidation sites excluding steroid dienone is 1. The molecule has 0 aliphatic carbocycles. The van der Waals surface area contributed by atoms with Crippen molar-refractivity contribution in [3.05, 3.63) is 28.9 Å². The summed E-state index contributed by atoms with van der Waals surface area (Å²) in [6, 6.07) is 0. The van der Waals surface area contributed by atoms with Gasteiger partial charge in [0.25, 0.3) is 0 Å². The SMILES string of the molecule is CCCC[C@H](CC)CCCCC(=O)c1cnc(/C=C(\C)C(C)(C)C)c(C)n1. The maximum absolute atomic E-state index is 12.5. The molecule has 0 fully saturated rings. The molecule has 1 heterocycles. The quantitative estimate of drug-likeness (QED) is 0.305. The lowest BCUT2D eigenvalue weighted by molar-refractivity contribution is 0.0973. The van der Waals surface area contributed by atoms with E-state index in [2.05, 4.69) is 57.6 Å². The number of ketones is 1. The first kappa shape index (κ1) is 23.5. The van der Waals surface area contributed by atoms with Crippen molar-refractivity contribution in [1.29, 1.82) is 0 Å². The molecule has 1 aromatic rings. The molecule has 0 N–H and O–H groups in total. The van der Waals surface area contributed by atoms with Gasteiger partial charge in [-0.15, -0.1) is 0 Å². The molecule has 0 spiro atoms. The van der Waals surface area contributed by atoms with E-state index in [0.29, 0.717) is 12.1 Å². The first-order chi connectivity index (χ1) is 12.7. The molecule has 0 aliphatic rings. The number of aromatic nitrogens is 2. The van der Waals surface area contributed by atoms with Gasteiger partial charge in [0, 0.05) is 6.42 Å². The van der Waals surface area contributed by atoms with Crippen LogP contribution in [0, 0.1) is 18.3 Å². The molecule has 0 aromatic carbocycles. The normalized spacial score (nSPS) is 13.7. The van der Waals surface area contributed by atoms with E-state index in [4.69, 9.17) is 0 Å². The van der Waals surface area contributed by atoms with Crippen LogP contribution in [0.3, 0.4) is 0 Å². The van der Waals surface area contributed by atoms with Crippen LogP contribution in [0.1, 0.15) is 115 Å². The highest BCUT2D eigenvalue weighted by atomic mass is 16.1. The average Bonchev–Trinajstić information content (AvgIpc) is 2.61. The van der Waals surface area contributed by atoms with Crippen LogP contribution in [-0.2, 0) is 0 Å². The first-order valence-corrected chi connectivity index (χ1v) is 10.7. The van der Waals surface area contributed by atoms with Gasteiger partial charge < -0.3 is 0 Å². The summed E-state index contributed by atoms with van der Waals surface area (Å²) in [5.74, 6) is 0.939. The van der Waals surface area contributed by atoms with Crippen molar-refractivity contribution in [3.8, 4) is 0 Å². The fourth-order valence-electron chi connectivity index (χ4n) is 3.08. The summed E-state index contributed by atoms with van der Waals surface area (Å²) in [6.07, 6.45) is 12.8. The smallest absolute Gasteiger partial charge is 0.182 e. The fourth-order valence-corrected chi connectivity index (χ4v) is 3.08. The molecule has 3 heteroatoms. The van der Waals surface area contributed by atoms with Crippen LogP contribution >= 0.6 is 0 Å². The van der Waals surface area contributed by atoms with E-state index in [-0.39, 0.29) is 11.2 Å². The van der Waals surface area contributed by atoms with Gasteiger partial charge in [0.2, 0.25) is 0 Å². The van der Waals surface area contributed by atoms with Gasteiger partial charge in [-0.2, -0.15) is 0 Å². The van der Waals surface area contributed by atoms with E-state index in [1.807, 2.05) is 6.92 Å². The Balaban J connectivity index is 2.58. The number of aryl methyl sites for hydroxylation is 1. The topological polar surface area (TPSA) is 42.9 Å². The molecule has 1 atom stereocenters. The highest BCUT2D eigenvalue weighted by Crippen LogP contribution is 2.26. The predicted octanol–water partition coefficient (Wildman–Crippen LogP) is 7.19. The molecule has 0 unspecified atom stereocenters. The highest BCUT2D eigenvalue weighted by Gasteiger charge is 2.15. The van der Waals surface area contributed by atoms with Crippen LogP contribution in [0.25, 0.3) is 6.08 Å². The zero-order valence-corrected chi connectivity index (χ0v) is 18.7. The number of nitrogens with zero attached hydrogens (tertiary/aromatic N) is 2. The molecular formula is C24H40N2O. The number of carbonyl (C=O) groups is 1. The van der Waals surface area contributed by atoms with Crippen molar-refractivity contribution in [3.63, 3.8) is 0 Å². The third kappa shape index (κ3) is 8.36. The van der Waals surface area contributed by atoms with Crippen LogP contribution in [-0.4, -0.2) is 15.8 Å². The molecule has 3 nitrogen and oxygen atoms in total. The van der Waals surface area contributed by atoms with E-state index >= 15 is 0 Å². The molecule has 152 valence electrons. The lowest BCUT2D eigenvalue weighted by atomic mass is 9.87. The monoisotopic (exact) mass is 372 g/mol. The summed E-state index contributed by atoms with van der Waals surface area (Å²) in [4.78, 5) is 21.5. The van der Waals surface area contributed by atoms with Crippen molar-refractivity contribution in [1.82, 2.24) is 9.97 Å². The largest absolute Gasteiger partial charge is 0.292 e. The molecule has 27 heavy (non-hydrogen) atoms. The second kappa shape index (κ2) is 11.4. The Morgan fingerprint density at radius 1 is 1.15 bits per heavy atom. The van der Waals surface area contributed by atoms with Gasteiger partial charge in [-0.1, -0.05) is 78.7 Å². The molecular weight excluding hydrogens is 332 g/mol. The number of hydrogen-bond acceptors (Lipinski definition) is 3. The third-order valence-electron chi connectivity index (χ3n) is 5.62. The molecule has 1 rings (SSSR count). The highest BCUT2D eigenvalue weighted by molar-refractivity contribution is 5.94. The fraction of sp³-hybridized carbons (Fsp3) is 0.708. The van der Waals surface area contributed by atoms with Gasteiger partial charge in [0.15, 0.2) is 5.78 Å². The van der Waals surface area contributed by atoms with Crippen LogP contribution < -0.4 is 0 Å². The minimum Gasteiger partial charge on any atom is -0.292 e. The van der Waals surface area contributed by atoms with Gasteiger partial charge >= 0.3 is 0 Å². The summed E-state index contributed by atoms with van der Waals surface area (Å²) >= 11 is 0. The number of hydrogen-bond donors (Lipinski definition) is 0. The molecule has 0 saturated heterocycles. The van der Waals surface area contributed by atoms with Gasteiger partial charge in [-0.05, 0) is 37.7 Å². The first-order valence-electron chi connectivity index (χ1n) is 10.7. The van der Waals surface area contributed by atoms with Crippen molar-refractivity contribution in [2.45, 2.75) is 99.8 Å². The van der Waals surface area contributed by atoms with Gasteiger partial charge in [0.1, 0.15) is 5.69 Å². The van der Waals surface area contributed by atoms with Crippen molar-refractivity contribution in [2.24, 2.45) is 11.3 Å². The van der Waals surface area contributed by atoms with E-state index in [1.54, 1.807) is 6.20 Å². The maximum Gasteiger partial charge on any atom is 0.182 e. The zero-order chi connectivity index (χ0) is 20.4. The second-order valence-electron chi connectivity index (χ2n) is 8.89. The van der Waals surface area contributed by atoms with Gasteiger partial charge in [-0.3, -0.25) is 9.78 Å². The molecule has 0 saturated carbocycles.